The average molecular weight is 1120 g/mol. The van der Waals surface area contributed by atoms with Crippen LogP contribution in [0.3, 0.4) is 0 Å². The van der Waals surface area contributed by atoms with Gasteiger partial charge in [0.15, 0.2) is 11.9 Å². The van der Waals surface area contributed by atoms with Crippen molar-refractivity contribution in [1.29, 1.82) is 0 Å². The van der Waals surface area contributed by atoms with Gasteiger partial charge in [0.05, 0.1) is 6.54 Å². The molecule has 0 aromatic heterocycles. The highest BCUT2D eigenvalue weighted by molar-refractivity contribution is 5.97. The number of carbonyl (C=O) groups is 10. The number of aliphatic imine (C=N–C) groups is 2. The van der Waals surface area contributed by atoms with Crippen LogP contribution in [0.4, 0.5) is 4.79 Å². The first-order chi connectivity index (χ1) is 37.7. The van der Waals surface area contributed by atoms with E-state index in [0.29, 0.717) is 0 Å². The highest BCUT2D eigenvalue weighted by Gasteiger charge is 2.33. The zero-order chi connectivity index (χ0) is 59.8. The predicted molar refractivity (Wildman–Crippen MR) is 298 cm³/mol. The number of carboxylic acids is 1. The van der Waals surface area contributed by atoms with Crippen molar-refractivity contribution in [1.82, 2.24) is 47.9 Å². The Labute approximate surface area is 465 Å². The van der Waals surface area contributed by atoms with Gasteiger partial charge in [-0.25, -0.2) is 9.59 Å². The van der Waals surface area contributed by atoms with Crippen LogP contribution in [0.15, 0.2) is 58.5 Å². The van der Waals surface area contributed by atoms with Gasteiger partial charge in [-0.15, -0.1) is 0 Å². The summed E-state index contributed by atoms with van der Waals surface area (Å²) in [5.74, 6) is -8.38. The number of rotatable bonds is 32. The minimum absolute atomic E-state index is 0.00176. The van der Waals surface area contributed by atoms with Gasteiger partial charge in [0.2, 0.25) is 47.3 Å². The molecule has 18 N–H and O–H groups in total. The van der Waals surface area contributed by atoms with Crippen molar-refractivity contribution in [2.24, 2.45) is 44.8 Å². The summed E-state index contributed by atoms with van der Waals surface area (Å²) >= 11 is 0. The summed E-state index contributed by atoms with van der Waals surface area (Å²) in [5.41, 5.74) is 25.7. The van der Waals surface area contributed by atoms with Crippen molar-refractivity contribution < 1.29 is 57.8 Å². The number of aliphatic carboxylic acids is 1. The molecule has 2 aromatic rings. The number of amides is 9. The molecule has 80 heavy (non-hydrogen) atoms. The molecule has 1 aliphatic carbocycles. The molecule has 27 nitrogen and oxygen atoms in total. The Morgan fingerprint density at radius 3 is 1.35 bits per heavy atom. The minimum Gasteiger partial charge on any atom is -0.480 e. The Hall–Kier alpha value is -8.52. The zero-order valence-corrected chi connectivity index (χ0v) is 46.7. The van der Waals surface area contributed by atoms with Gasteiger partial charge in [-0.05, 0) is 100 Å². The Kier molecular flexibility index (Phi) is 26.6. The van der Waals surface area contributed by atoms with Gasteiger partial charge in [0.1, 0.15) is 54.9 Å². The molecule has 0 saturated carbocycles. The van der Waals surface area contributed by atoms with Crippen molar-refractivity contribution in [3.8, 4) is 11.1 Å². The lowest BCUT2D eigenvalue weighted by Gasteiger charge is -2.26. The number of carboxylic acid groups (broad SMARTS) is 1. The molecule has 0 unspecified atom stereocenters. The summed E-state index contributed by atoms with van der Waals surface area (Å²) < 4.78 is 5.54. The fourth-order valence-corrected chi connectivity index (χ4v) is 8.41. The predicted octanol–water partition coefficient (Wildman–Crippen LogP) is -1.23. The lowest BCUT2D eigenvalue weighted by atomic mass is 9.98. The molecule has 0 aliphatic heterocycles. The number of fused-ring (bicyclic) bond motifs is 3. The zero-order valence-electron chi connectivity index (χ0n) is 46.7. The molecule has 1 aliphatic rings. The number of nitrogens with zero attached hydrogens (tertiary/aromatic N) is 2. The molecular formula is C53H81N15O12. The maximum Gasteiger partial charge on any atom is 0.407 e. The molecule has 0 bridgehead atoms. The number of hydrogen-bond donors (Lipinski definition) is 14. The SMILES string of the molecule is CC(C)C[C@H](NC(=O)CNC(=O)[C@H](CC(C)C)NC(=O)[C@H](CCCN=C(N)N)NC(=O)[C@H](C)NC(=O)[C@H](C)NC(=O)[C@H](C)NC(=O)OCC1c2ccccc2-c2ccccc21)C(=O)N[C@@H](C)C(=O)N[C@@H](CCCN=C(N)N)C(=O)O. The number of alkyl carbamates (subject to hydrolysis) is 1. The molecule has 0 radical (unpaired) electrons. The number of ether oxygens (including phenoxy) is 1. The van der Waals surface area contributed by atoms with Crippen molar-refractivity contribution in [3.05, 3.63) is 59.7 Å². The van der Waals surface area contributed by atoms with Gasteiger partial charge < -0.3 is 80.6 Å². The summed E-state index contributed by atoms with van der Waals surface area (Å²) in [6, 6.07) is 5.85. The van der Waals surface area contributed by atoms with Gasteiger partial charge in [0.25, 0.3) is 0 Å². The van der Waals surface area contributed by atoms with Crippen molar-refractivity contribution in [2.75, 3.05) is 26.2 Å². The van der Waals surface area contributed by atoms with E-state index in [1.807, 2.05) is 48.5 Å². The van der Waals surface area contributed by atoms with E-state index in [1.54, 1.807) is 27.7 Å². The maximum atomic E-state index is 13.9. The van der Waals surface area contributed by atoms with Gasteiger partial charge in [-0.2, -0.15) is 0 Å². The highest BCUT2D eigenvalue weighted by Crippen LogP contribution is 2.44. The molecule has 9 amide bonds. The van der Waals surface area contributed by atoms with E-state index in [1.165, 1.54) is 27.7 Å². The van der Waals surface area contributed by atoms with Crippen molar-refractivity contribution in [2.45, 2.75) is 148 Å². The number of hydrogen-bond acceptors (Lipinski definition) is 13. The smallest absolute Gasteiger partial charge is 0.407 e. The highest BCUT2D eigenvalue weighted by atomic mass is 16.5. The van der Waals surface area contributed by atoms with E-state index < -0.39 is 114 Å². The largest absolute Gasteiger partial charge is 0.480 e. The Morgan fingerprint density at radius 1 is 0.500 bits per heavy atom. The fraction of sp³-hybridized carbons (Fsp3) is 0.547. The van der Waals surface area contributed by atoms with Crippen LogP contribution in [0, 0.1) is 11.8 Å². The van der Waals surface area contributed by atoms with Gasteiger partial charge in [0, 0.05) is 19.0 Å². The third-order valence-corrected chi connectivity index (χ3v) is 12.6. The summed E-state index contributed by atoms with van der Waals surface area (Å²) in [7, 11) is 0. The van der Waals surface area contributed by atoms with Crippen LogP contribution < -0.4 is 70.8 Å². The number of guanidine groups is 2. The average Bonchev–Trinajstić information content (AvgIpc) is 3.70. The lowest BCUT2D eigenvalue weighted by Crippen LogP contribution is -2.58. The summed E-state index contributed by atoms with van der Waals surface area (Å²) in [4.78, 5) is 139. The van der Waals surface area contributed by atoms with Crippen LogP contribution in [-0.2, 0) is 47.9 Å². The van der Waals surface area contributed by atoms with Crippen molar-refractivity contribution in [3.63, 3.8) is 0 Å². The van der Waals surface area contributed by atoms with Crippen LogP contribution in [0.5, 0.6) is 0 Å². The van der Waals surface area contributed by atoms with E-state index in [9.17, 15) is 53.1 Å². The van der Waals surface area contributed by atoms with E-state index in [2.05, 4.69) is 57.8 Å². The van der Waals surface area contributed by atoms with Gasteiger partial charge >= 0.3 is 12.1 Å². The molecule has 3 rings (SSSR count). The van der Waals surface area contributed by atoms with E-state index >= 15 is 0 Å². The number of carbonyl (C=O) groups excluding carboxylic acids is 9. The maximum absolute atomic E-state index is 13.9. The van der Waals surface area contributed by atoms with Crippen LogP contribution >= 0.6 is 0 Å². The Morgan fingerprint density at radius 2 is 0.887 bits per heavy atom. The Bertz CT molecular complexity index is 2520. The molecule has 0 fully saturated rings. The molecule has 0 saturated heterocycles. The molecule has 0 spiro atoms. The second-order valence-corrected chi connectivity index (χ2v) is 20.4. The second kappa shape index (κ2) is 32.4. The number of nitrogens with one attached hydrogen (secondary N) is 9. The summed E-state index contributed by atoms with van der Waals surface area (Å²) in [6.45, 7) is 12.2. The molecule has 27 heteroatoms. The van der Waals surface area contributed by atoms with Gasteiger partial charge in [-0.3, -0.25) is 48.3 Å². The molecule has 440 valence electrons. The quantitative estimate of drug-likeness (QED) is 0.0232. The van der Waals surface area contributed by atoms with Crippen LogP contribution in [0.2, 0.25) is 0 Å². The number of nitrogens with two attached hydrogens (primary N) is 4. The minimum atomic E-state index is -1.31. The fourth-order valence-electron chi connectivity index (χ4n) is 8.41. The monoisotopic (exact) mass is 1120 g/mol. The molecular weight excluding hydrogens is 1040 g/mol. The summed E-state index contributed by atoms with van der Waals surface area (Å²) in [6.07, 6.45) is -0.249. The van der Waals surface area contributed by atoms with Gasteiger partial charge in [-0.1, -0.05) is 76.2 Å². The first kappa shape index (κ1) is 65.8. The standard InChI is InChI=1S/C53H81N15O12/c1-27(2)23-40(47(74)60-25-42(69)65-41(24-28(3)4)49(76)63-31(7)46(73)67-39(50(77)78)20-14-22-59-52(56)57)68-48(75)38(19-13-21-58-51(54)55)66-45(72)30(6)62-43(70)29(5)61-44(71)32(8)64-53(79)80-26-37-35-17-11-9-15-33(35)34-16-10-12-18-36(34)37/h9-12,15-18,27-32,37-41H,13-14,19-26H2,1-8H3,(H,60,74)(H,61,71)(H,62,70)(H,63,76)(H,64,79)(H,65,69)(H,66,72)(H,67,73)(H,68,75)(H,77,78)(H4,54,55,58)(H4,56,57,59)/t29-,30-,31-,32-,38-,39-,40-,41-/m0/s1. The topological polar surface area (TPSA) is 437 Å². The van der Waals surface area contributed by atoms with E-state index in [-0.39, 0.29) is 87.9 Å². The van der Waals surface area contributed by atoms with Crippen LogP contribution in [-0.4, -0.2) is 151 Å². The second-order valence-electron chi connectivity index (χ2n) is 20.4. The molecule has 8 atom stereocenters. The van der Waals surface area contributed by atoms with E-state index in [4.69, 9.17) is 27.7 Å². The normalized spacial score (nSPS) is 14.5. The molecule has 0 heterocycles. The van der Waals surface area contributed by atoms with Crippen LogP contribution in [0.1, 0.15) is 111 Å². The molecule has 2 aromatic carbocycles. The first-order valence-corrected chi connectivity index (χ1v) is 26.5. The third kappa shape index (κ3) is 22.1. The van der Waals surface area contributed by atoms with E-state index in [0.717, 1.165) is 22.3 Å². The lowest BCUT2D eigenvalue weighted by molar-refractivity contribution is -0.142. The Balaban J connectivity index is 1.58. The summed E-state index contributed by atoms with van der Waals surface area (Å²) in [5, 5.41) is 32.2. The third-order valence-electron chi connectivity index (χ3n) is 12.6. The van der Waals surface area contributed by atoms with Crippen LogP contribution in [0.25, 0.3) is 11.1 Å². The first-order valence-electron chi connectivity index (χ1n) is 26.5. The van der Waals surface area contributed by atoms with Crippen molar-refractivity contribution >= 4 is 71.2 Å². The number of benzene rings is 2.